The average molecular weight is 695 g/mol. The molecule has 4 aromatic rings. The van der Waals surface area contributed by atoms with E-state index in [1.165, 1.54) is 18.3 Å². The Hall–Kier alpha value is -4.80. The van der Waals surface area contributed by atoms with Crippen molar-refractivity contribution in [3.05, 3.63) is 106 Å². The first-order valence-corrected chi connectivity index (χ1v) is 15.3. The van der Waals surface area contributed by atoms with Crippen molar-refractivity contribution in [2.24, 2.45) is 11.7 Å². The summed E-state index contributed by atoms with van der Waals surface area (Å²) in [5, 5.41) is 6.06. The standard InChI is InChI=1S/C31H22F8N6O2S/c1-48-29-41-11-19(14-2-5-21(34)18(9-14)28(40)47)25(43-29)22(8-13-6-15(32)10-16(33)7-13)42-23(46)12-45-27-24(26(44-45)31(37,38)39)17-3-4-20(17)30(27,35)36/h2-7,9-11,17,20,22H,8,12H2,1H3,(H2,40,47)(H,42,46)/t17-,20+,22-/m0/s1. The molecule has 0 saturated carbocycles. The number of primary amides is 1. The second-order valence-electron chi connectivity index (χ2n) is 11.1. The summed E-state index contributed by atoms with van der Waals surface area (Å²) >= 11 is 1.07. The van der Waals surface area contributed by atoms with Crippen LogP contribution in [0.25, 0.3) is 11.1 Å². The van der Waals surface area contributed by atoms with E-state index in [0.29, 0.717) is 10.7 Å². The maximum absolute atomic E-state index is 15.3. The van der Waals surface area contributed by atoms with Gasteiger partial charge in [0.15, 0.2) is 10.9 Å². The fourth-order valence-corrected chi connectivity index (χ4v) is 6.33. The zero-order chi connectivity index (χ0) is 34.7. The van der Waals surface area contributed by atoms with Gasteiger partial charge >= 0.3 is 6.18 Å². The molecule has 2 heterocycles. The quantitative estimate of drug-likeness (QED) is 0.0952. The number of aromatic nitrogens is 4. The van der Waals surface area contributed by atoms with E-state index in [1.807, 2.05) is 0 Å². The lowest BCUT2D eigenvalue weighted by Gasteiger charge is -2.27. The molecule has 48 heavy (non-hydrogen) atoms. The molecule has 2 aromatic carbocycles. The molecule has 2 aromatic heterocycles. The molecule has 6 rings (SSSR count). The van der Waals surface area contributed by atoms with Crippen LogP contribution in [-0.4, -0.2) is 37.8 Å². The number of carbonyl (C=O) groups is 2. The Kier molecular flexibility index (Phi) is 8.29. The van der Waals surface area contributed by atoms with E-state index in [9.17, 15) is 35.9 Å². The summed E-state index contributed by atoms with van der Waals surface area (Å²) in [4.78, 5) is 34.1. The Labute approximate surface area is 270 Å². The molecule has 2 amide bonds. The number of allylic oxidation sites excluding steroid dienone is 2. The maximum Gasteiger partial charge on any atom is 0.435 e. The summed E-state index contributed by atoms with van der Waals surface area (Å²) in [5.74, 6) is -11.5. The van der Waals surface area contributed by atoms with Gasteiger partial charge in [0, 0.05) is 29.3 Å². The Bertz CT molecular complexity index is 1980. The molecule has 0 fully saturated rings. The number of hydrogen-bond acceptors (Lipinski definition) is 6. The summed E-state index contributed by atoms with van der Waals surface area (Å²) in [6.45, 7) is -1.08. The van der Waals surface area contributed by atoms with Crippen LogP contribution in [0.2, 0.25) is 0 Å². The van der Waals surface area contributed by atoms with Crippen LogP contribution in [0, 0.1) is 23.4 Å². The molecular weight excluding hydrogens is 672 g/mol. The number of alkyl halides is 5. The first kappa shape index (κ1) is 33.1. The Balaban J connectivity index is 1.43. The van der Waals surface area contributed by atoms with Gasteiger partial charge in [-0.2, -0.15) is 27.1 Å². The third kappa shape index (κ3) is 5.90. The van der Waals surface area contributed by atoms with Crippen molar-refractivity contribution in [3.8, 4) is 11.1 Å². The van der Waals surface area contributed by atoms with Crippen molar-refractivity contribution in [2.45, 2.75) is 42.2 Å². The topological polar surface area (TPSA) is 116 Å². The fraction of sp³-hybridized carbons (Fsp3) is 0.258. The molecule has 0 saturated heterocycles. The highest BCUT2D eigenvalue weighted by Crippen LogP contribution is 2.60. The molecule has 2 aliphatic carbocycles. The number of fused-ring (bicyclic) bond motifs is 3. The van der Waals surface area contributed by atoms with Gasteiger partial charge in [-0.15, -0.1) is 0 Å². The highest BCUT2D eigenvalue weighted by Gasteiger charge is 2.61. The largest absolute Gasteiger partial charge is 0.435 e. The van der Waals surface area contributed by atoms with Gasteiger partial charge in [0.2, 0.25) is 5.91 Å². The van der Waals surface area contributed by atoms with Gasteiger partial charge in [0.25, 0.3) is 11.8 Å². The van der Waals surface area contributed by atoms with Crippen LogP contribution in [0.3, 0.4) is 0 Å². The average Bonchev–Trinajstić information content (AvgIpc) is 3.41. The van der Waals surface area contributed by atoms with Crippen molar-refractivity contribution in [1.29, 1.82) is 0 Å². The maximum atomic E-state index is 15.3. The van der Waals surface area contributed by atoms with Gasteiger partial charge in [0.1, 0.15) is 29.7 Å². The molecule has 3 atom stereocenters. The second-order valence-corrected chi connectivity index (χ2v) is 11.9. The van der Waals surface area contributed by atoms with E-state index in [2.05, 4.69) is 20.4 Å². The van der Waals surface area contributed by atoms with Crippen LogP contribution in [0.15, 0.2) is 59.9 Å². The van der Waals surface area contributed by atoms with E-state index in [4.69, 9.17) is 5.73 Å². The van der Waals surface area contributed by atoms with E-state index in [-0.39, 0.29) is 34.0 Å². The third-order valence-corrected chi connectivity index (χ3v) is 8.64. The number of nitrogens with two attached hydrogens (primary N) is 1. The number of benzene rings is 2. The minimum atomic E-state index is -5.09. The lowest BCUT2D eigenvalue weighted by molar-refractivity contribution is -0.142. The van der Waals surface area contributed by atoms with E-state index in [0.717, 1.165) is 42.1 Å². The van der Waals surface area contributed by atoms with Gasteiger partial charge < -0.3 is 11.1 Å². The van der Waals surface area contributed by atoms with E-state index >= 15 is 8.78 Å². The summed E-state index contributed by atoms with van der Waals surface area (Å²) < 4.78 is 115. The molecule has 0 bridgehead atoms. The Morgan fingerprint density at radius 3 is 2.40 bits per heavy atom. The summed E-state index contributed by atoms with van der Waals surface area (Å²) in [7, 11) is 0. The predicted octanol–water partition coefficient (Wildman–Crippen LogP) is 6.07. The molecule has 3 N–H and O–H groups in total. The zero-order valence-electron chi connectivity index (χ0n) is 24.5. The minimum Gasteiger partial charge on any atom is -0.366 e. The molecule has 17 heteroatoms. The fourth-order valence-electron chi connectivity index (χ4n) is 5.98. The normalized spacial score (nSPS) is 18.2. The van der Waals surface area contributed by atoms with Crippen molar-refractivity contribution in [1.82, 2.24) is 25.1 Å². The van der Waals surface area contributed by atoms with Crippen LogP contribution in [0.1, 0.15) is 50.5 Å². The van der Waals surface area contributed by atoms with E-state index < -0.39 is 88.3 Å². The number of nitrogens with zero attached hydrogens (tertiary/aromatic N) is 4. The van der Waals surface area contributed by atoms with Gasteiger partial charge in [-0.3, -0.25) is 14.3 Å². The summed E-state index contributed by atoms with van der Waals surface area (Å²) in [6, 6.07) is 4.56. The molecule has 0 unspecified atom stereocenters. The van der Waals surface area contributed by atoms with Crippen molar-refractivity contribution in [2.75, 3.05) is 6.26 Å². The smallest absolute Gasteiger partial charge is 0.366 e. The van der Waals surface area contributed by atoms with Gasteiger partial charge in [-0.05, 0) is 48.1 Å². The Morgan fingerprint density at radius 2 is 1.79 bits per heavy atom. The minimum absolute atomic E-state index is 0.0105. The number of carbonyl (C=O) groups excluding carboxylic acids is 2. The molecule has 8 nitrogen and oxygen atoms in total. The molecule has 2 aliphatic rings. The number of halogens is 8. The highest BCUT2D eigenvalue weighted by atomic mass is 32.2. The van der Waals surface area contributed by atoms with Crippen molar-refractivity contribution >= 4 is 23.6 Å². The lowest BCUT2D eigenvalue weighted by Crippen LogP contribution is -2.36. The molecule has 0 aliphatic heterocycles. The van der Waals surface area contributed by atoms with Crippen molar-refractivity contribution < 1.29 is 44.7 Å². The van der Waals surface area contributed by atoms with E-state index in [1.54, 1.807) is 6.26 Å². The second kappa shape index (κ2) is 12.0. The molecule has 250 valence electrons. The third-order valence-electron chi connectivity index (χ3n) is 8.08. The number of hydrogen-bond donors (Lipinski definition) is 2. The summed E-state index contributed by atoms with van der Waals surface area (Å²) in [5.41, 5.74) is 1.82. The van der Waals surface area contributed by atoms with Crippen LogP contribution in [-0.2, 0) is 29.9 Å². The molecule has 0 spiro atoms. The molecular formula is C31H22F8N6O2S. The number of thioether (sulfide) groups is 1. The first-order chi connectivity index (χ1) is 22.6. The number of nitrogens with one attached hydrogen (secondary N) is 1. The highest BCUT2D eigenvalue weighted by molar-refractivity contribution is 7.98. The SMILES string of the molecule is CSc1ncc(-c2ccc(F)c(C(N)=O)c2)c([C@H](Cc2cc(F)cc(F)c2)NC(=O)Cn2nc(C(F)(F)F)c3c2C(F)(F)[C@@H]2C=C[C@H]32)n1. The van der Waals surface area contributed by atoms with Crippen LogP contribution < -0.4 is 11.1 Å². The van der Waals surface area contributed by atoms with Gasteiger partial charge in [0.05, 0.1) is 23.2 Å². The van der Waals surface area contributed by atoms with Crippen LogP contribution in [0.5, 0.6) is 0 Å². The van der Waals surface area contributed by atoms with Crippen molar-refractivity contribution in [3.63, 3.8) is 0 Å². The van der Waals surface area contributed by atoms with Gasteiger partial charge in [-0.1, -0.05) is 30.0 Å². The van der Waals surface area contributed by atoms with Gasteiger partial charge in [-0.25, -0.2) is 23.1 Å². The first-order valence-electron chi connectivity index (χ1n) is 14.1. The van der Waals surface area contributed by atoms with Crippen LogP contribution in [0.4, 0.5) is 35.1 Å². The molecule has 0 radical (unpaired) electrons. The predicted molar refractivity (Wildman–Crippen MR) is 155 cm³/mol. The zero-order valence-corrected chi connectivity index (χ0v) is 25.3. The lowest BCUT2D eigenvalue weighted by atomic mass is 9.81. The van der Waals surface area contributed by atoms with Crippen LogP contribution >= 0.6 is 11.8 Å². The Morgan fingerprint density at radius 1 is 1.08 bits per heavy atom. The number of rotatable bonds is 9. The number of amides is 2. The monoisotopic (exact) mass is 694 g/mol. The summed E-state index contributed by atoms with van der Waals surface area (Å²) in [6.07, 6.45) is -0.223.